The largest absolute Gasteiger partial charge is 0.394 e. The van der Waals surface area contributed by atoms with Gasteiger partial charge in [0.1, 0.15) is 11.1 Å². The minimum atomic E-state index is -1.91. The zero-order chi connectivity index (χ0) is 16.7. The van der Waals surface area contributed by atoms with Crippen LogP contribution in [0.5, 0.6) is 0 Å². The van der Waals surface area contributed by atoms with Crippen LogP contribution in [0, 0.1) is 11.3 Å². The average Bonchev–Trinajstić information content (AvgIpc) is 2.93. The normalized spacial score (nSPS) is 27.3. The molecule has 6 heteroatoms. The maximum atomic E-state index is 10.9. The number of aliphatic hydroxyl groups is 1. The van der Waals surface area contributed by atoms with Gasteiger partial charge in [0.15, 0.2) is 19.5 Å². The lowest BCUT2D eigenvalue weighted by Gasteiger charge is -2.33. The molecular formula is C17H18N2O2SSi. The molecule has 1 N–H and O–H groups in total. The molecule has 1 heterocycles. The molecule has 0 bridgehead atoms. The van der Waals surface area contributed by atoms with Crippen molar-refractivity contribution >= 4 is 29.9 Å². The van der Waals surface area contributed by atoms with Crippen molar-refractivity contribution < 1.29 is 9.53 Å². The summed E-state index contributed by atoms with van der Waals surface area (Å²) in [5.41, 5.74) is -1.54. The summed E-state index contributed by atoms with van der Waals surface area (Å²) in [7, 11) is -1.91. The fraction of sp³-hybridized carbons (Fsp3) is 0.294. The van der Waals surface area contributed by atoms with Crippen molar-refractivity contribution in [2.45, 2.75) is 30.8 Å². The Kier molecular flexibility index (Phi) is 3.77. The second-order valence-corrected chi connectivity index (χ2v) is 12.1. The highest BCUT2D eigenvalue weighted by Gasteiger charge is 2.38. The highest BCUT2D eigenvalue weighted by molar-refractivity contribution is 7.18. The van der Waals surface area contributed by atoms with Gasteiger partial charge in [0, 0.05) is 0 Å². The molecule has 1 aromatic carbocycles. The number of hydrogen-bond acceptors (Lipinski definition) is 5. The molecule has 2 aromatic rings. The zero-order valence-electron chi connectivity index (χ0n) is 13.3. The van der Waals surface area contributed by atoms with E-state index in [1.807, 2.05) is 43.9 Å². The molecule has 0 fully saturated rings. The van der Waals surface area contributed by atoms with Crippen LogP contribution in [0.15, 0.2) is 48.6 Å². The smallest absolute Gasteiger partial charge is 0.186 e. The van der Waals surface area contributed by atoms with E-state index in [1.54, 1.807) is 24.3 Å². The summed E-state index contributed by atoms with van der Waals surface area (Å²) in [6.07, 6.45) is 6.48. The molecule has 1 aromatic heterocycles. The number of fused-ring (bicyclic) bond motifs is 1. The van der Waals surface area contributed by atoms with Crippen LogP contribution in [0.4, 0.5) is 0 Å². The fourth-order valence-electron chi connectivity index (χ4n) is 2.47. The van der Waals surface area contributed by atoms with Crippen LogP contribution in [0.3, 0.4) is 0 Å². The lowest BCUT2D eigenvalue weighted by Crippen LogP contribution is -2.41. The summed E-state index contributed by atoms with van der Waals surface area (Å²) in [6.45, 7) is 6.09. The lowest BCUT2D eigenvalue weighted by atomic mass is 9.91. The molecule has 0 saturated heterocycles. The monoisotopic (exact) mass is 342 g/mol. The Morgan fingerprint density at radius 3 is 2.39 bits per heavy atom. The number of rotatable bonds is 3. The maximum absolute atomic E-state index is 10.9. The van der Waals surface area contributed by atoms with Gasteiger partial charge in [0.25, 0.3) is 0 Å². The van der Waals surface area contributed by atoms with E-state index in [9.17, 15) is 10.4 Å². The van der Waals surface area contributed by atoms with Crippen molar-refractivity contribution in [1.29, 1.82) is 5.26 Å². The minimum absolute atomic E-state index is 0.589. The number of hydrogen-bond donors (Lipinski definition) is 1. The first kappa shape index (κ1) is 16.1. The van der Waals surface area contributed by atoms with Gasteiger partial charge in [-0.3, -0.25) is 0 Å². The average molecular weight is 342 g/mol. The molecule has 118 valence electrons. The van der Waals surface area contributed by atoms with Crippen LogP contribution >= 0.6 is 11.3 Å². The van der Waals surface area contributed by atoms with Crippen LogP contribution in [0.25, 0.3) is 10.2 Å². The van der Waals surface area contributed by atoms with E-state index in [0.717, 1.165) is 10.2 Å². The highest BCUT2D eigenvalue weighted by Crippen LogP contribution is 2.37. The first-order valence-electron chi connectivity index (χ1n) is 7.36. The minimum Gasteiger partial charge on any atom is -0.394 e. The molecule has 0 radical (unpaired) electrons. The van der Waals surface area contributed by atoms with Gasteiger partial charge in [-0.2, -0.15) is 5.26 Å². The molecular weight excluding hydrogens is 324 g/mol. The van der Waals surface area contributed by atoms with Crippen molar-refractivity contribution in [3.8, 4) is 6.07 Å². The Morgan fingerprint density at radius 1 is 1.17 bits per heavy atom. The van der Waals surface area contributed by atoms with E-state index in [1.165, 1.54) is 11.3 Å². The predicted octanol–water partition coefficient (Wildman–Crippen LogP) is 3.72. The van der Waals surface area contributed by atoms with E-state index in [0.29, 0.717) is 5.01 Å². The Morgan fingerprint density at radius 2 is 1.83 bits per heavy atom. The number of aromatic nitrogens is 1. The molecule has 0 spiro atoms. The van der Waals surface area contributed by atoms with Crippen LogP contribution in [0.2, 0.25) is 19.6 Å². The van der Waals surface area contributed by atoms with Crippen LogP contribution in [0.1, 0.15) is 5.01 Å². The number of nitriles is 1. The maximum Gasteiger partial charge on any atom is 0.186 e. The third kappa shape index (κ3) is 3.14. The summed E-state index contributed by atoms with van der Waals surface area (Å²) in [5, 5.41) is 21.0. The van der Waals surface area contributed by atoms with Crippen molar-refractivity contribution in [2.24, 2.45) is 0 Å². The van der Waals surface area contributed by atoms with Gasteiger partial charge in [-0.1, -0.05) is 12.1 Å². The summed E-state index contributed by atoms with van der Waals surface area (Å²) < 4.78 is 7.00. The van der Waals surface area contributed by atoms with E-state index in [2.05, 4.69) is 11.1 Å². The van der Waals surface area contributed by atoms with Gasteiger partial charge >= 0.3 is 0 Å². The Labute approximate surface area is 140 Å². The van der Waals surface area contributed by atoms with E-state index in [4.69, 9.17) is 4.43 Å². The fourth-order valence-corrected chi connectivity index (χ4v) is 4.68. The van der Waals surface area contributed by atoms with Crippen molar-refractivity contribution in [3.63, 3.8) is 0 Å². The van der Waals surface area contributed by atoms with Gasteiger partial charge in [-0.15, -0.1) is 11.3 Å². The molecule has 0 saturated carbocycles. The highest BCUT2D eigenvalue weighted by atomic mass is 32.1. The topological polar surface area (TPSA) is 66.1 Å². The predicted molar refractivity (Wildman–Crippen MR) is 94.6 cm³/mol. The number of nitrogens with zero attached hydrogens (tertiary/aromatic N) is 2. The zero-order valence-corrected chi connectivity index (χ0v) is 15.1. The summed E-state index contributed by atoms with van der Waals surface area (Å²) in [5.74, 6) is 0. The summed E-state index contributed by atoms with van der Waals surface area (Å²) >= 11 is 1.44. The lowest BCUT2D eigenvalue weighted by molar-refractivity contribution is 0.129. The third-order valence-electron chi connectivity index (χ3n) is 3.46. The summed E-state index contributed by atoms with van der Waals surface area (Å²) in [6, 6.07) is 9.97. The van der Waals surface area contributed by atoms with Crippen LogP contribution < -0.4 is 0 Å². The van der Waals surface area contributed by atoms with Crippen molar-refractivity contribution in [3.05, 3.63) is 53.6 Å². The van der Waals surface area contributed by atoms with E-state index >= 15 is 0 Å². The van der Waals surface area contributed by atoms with Gasteiger partial charge in [0.2, 0.25) is 0 Å². The first-order chi connectivity index (χ1) is 10.8. The van der Waals surface area contributed by atoms with Gasteiger partial charge in [0.05, 0.1) is 10.2 Å². The number of benzene rings is 1. The Bertz CT molecular complexity index is 795. The van der Waals surface area contributed by atoms with Crippen molar-refractivity contribution in [2.75, 3.05) is 0 Å². The van der Waals surface area contributed by atoms with Crippen LogP contribution in [-0.4, -0.2) is 24.0 Å². The molecule has 23 heavy (non-hydrogen) atoms. The van der Waals surface area contributed by atoms with Gasteiger partial charge < -0.3 is 9.53 Å². The van der Waals surface area contributed by atoms with E-state index < -0.39 is 19.5 Å². The molecule has 0 aliphatic heterocycles. The summed E-state index contributed by atoms with van der Waals surface area (Å²) in [4.78, 5) is 4.51. The Balaban J connectivity index is 1.96. The second kappa shape index (κ2) is 5.39. The molecule has 3 rings (SSSR count). The molecule has 0 amide bonds. The second-order valence-electron chi connectivity index (χ2n) is 6.60. The molecule has 4 nitrogen and oxygen atoms in total. The number of para-hydroxylation sites is 1. The Hall–Kier alpha value is -1.78. The van der Waals surface area contributed by atoms with Crippen LogP contribution in [-0.2, 0) is 10.0 Å². The van der Waals surface area contributed by atoms with E-state index in [-0.39, 0.29) is 0 Å². The quantitative estimate of drug-likeness (QED) is 0.682. The molecule has 0 unspecified atom stereocenters. The van der Waals surface area contributed by atoms with Crippen molar-refractivity contribution in [1.82, 2.24) is 4.98 Å². The first-order valence-corrected chi connectivity index (χ1v) is 11.6. The standard InChI is InChI=1S/C17H18N2O2SSi/c1-23(2,3)21-16(12-18)8-10-17(20,11-9-16)15-19-13-6-4-5-7-14(13)22-15/h4-11,20H,1-3H3. The molecule has 0 atom stereocenters. The molecule has 1 aliphatic carbocycles. The number of thiazole rings is 1. The molecule has 1 aliphatic rings. The van der Waals surface area contributed by atoms with Gasteiger partial charge in [-0.25, -0.2) is 4.98 Å². The van der Waals surface area contributed by atoms with Gasteiger partial charge in [-0.05, 0) is 56.1 Å². The third-order valence-corrected chi connectivity index (χ3v) is 5.58. The SMILES string of the molecule is C[Si](C)(C)OC1(C#N)C=CC(O)(c2nc3ccccc3s2)C=C1.